The maximum Gasteiger partial charge on any atom is 0.191 e. The summed E-state index contributed by atoms with van der Waals surface area (Å²) in [4.78, 5) is 9.21. The molecule has 0 spiro atoms. The Hall–Kier alpha value is -1.19. The molecule has 0 aliphatic rings. The van der Waals surface area contributed by atoms with Gasteiger partial charge < -0.3 is 15.7 Å². The summed E-state index contributed by atoms with van der Waals surface area (Å²) in [6, 6.07) is 9.64. The van der Waals surface area contributed by atoms with Gasteiger partial charge in [0.2, 0.25) is 0 Å². The molecule has 2 aromatic rings. The van der Waals surface area contributed by atoms with E-state index in [0.29, 0.717) is 18.4 Å². The molecule has 1 aromatic heterocycles. The average Bonchev–Trinajstić information content (AvgIpc) is 3.10. The second-order valence-electron chi connectivity index (χ2n) is 6.84. The number of hydrogen-bond donors (Lipinski definition) is 3. The zero-order valence-electron chi connectivity index (χ0n) is 16.5. The quantitative estimate of drug-likeness (QED) is 0.291. The van der Waals surface area contributed by atoms with Crippen LogP contribution in [0.15, 0.2) is 40.7 Å². The van der Waals surface area contributed by atoms with Crippen molar-refractivity contribution in [2.75, 3.05) is 19.6 Å². The summed E-state index contributed by atoms with van der Waals surface area (Å²) in [7, 11) is 0. The third kappa shape index (κ3) is 7.75. The molecule has 0 aliphatic carbocycles. The smallest absolute Gasteiger partial charge is 0.191 e. The highest BCUT2D eigenvalue weighted by atomic mass is 127. The monoisotopic (exact) mass is 502 g/mol. The number of aliphatic hydroxyl groups is 1. The fourth-order valence-electron chi connectivity index (χ4n) is 2.47. The molecule has 7 heteroatoms. The van der Waals surface area contributed by atoms with E-state index < -0.39 is 5.60 Å². The van der Waals surface area contributed by atoms with Gasteiger partial charge in [0.25, 0.3) is 0 Å². The van der Waals surface area contributed by atoms with Crippen LogP contribution >= 0.6 is 35.3 Å². The Labute approximate surface area is 183 Å². The molecule has 1 aromatic carbocycles. The molecule has 2 rings (SSSR count). The number of thiazole rings is 1. The zero-order valence-corrected chi connectivity index (χ0v) is 19.7. The first-order valence-corrected chi connectivity index (χ1v) is 10.0. The van der Waals surface area contributed by atoms with Crippen molar-refractivity contribution in [1.29, 1.82) is 0 Å². The van der Waals surface area contributed by atoms with E-state index in [4.69, 9.17) is 0 Å². The van der Waals surface area contributed by atoms with E-state index in [1.165, 1.54) is 5.01 Å². The lowest BCUT2D eigenvalue weighted by atomic mass is 9.96. The fraction of sp³-hybridized carbons (Fsp3) is 0.500. The Kier molecular flexibility index (Phi) is 10.3. The molecule has 0 amide bonds. The van der Waals surface area contributed by atoms with Crippen LogP contribution in [0.1, 0.15) is 49.9 Å². The lowest BCUT2D eigenvalue weighted by molar-refractivity contribution is 0.0672. The van der Waals surface area contributed by atoms with E-state index in [0.717, 1.165) is 30.8 Å². The fourth-order valence-corrected chi connectivity index (χ4v) is 3.34. The van der Waals surface area contributed by atoms with Crippen LogP contribution in [0, 0.1) is 0 Å². The van der Waals surface area contributed by atoms with E-state index in [-0.39, 0.29) is 24.0 Å². The number of aromatic nitrogens is 1. The Morgan fingerprint density at radius 3 is 2.56 bits per heavy atom. The maximum atomic E-state index is 10.7. The number of aliphatic imine (C=N–C) groups is 1. The van der Waals surface area contributed by atoms with Gasteiger partial charge in [0.1, 0.15) is 5.60 Å². The second-order valence-corrected chi connectivity index (χ2v) is 7.73. The summed E-state index contributed by atoms with van der Waals surface area (Å²) in [6.07, 6.45) is 0.850. The molecule has 0 aliphatic heterocycles. The predicted octanol–water partition coefficient (Wildman–Crippen LogP) is 3.89. The number of benzene rings is 1. The van der Waals surface area contributed by atoms with Crippen LogP contribution in [0.2, 0.25) is 0 Å². The number of rotatable bonds is 8. The van der Waals surface area contributed by atoms with Gasteiger partial charge >= 0.3 is 0 Å². The largest absolute Gasteiger partial charge is 0.384 e. The molecule has 27 heavy (non-hydrogen) atoms. The highest BCUT2D eigenvalue weighted by Crippen LogP contribution is 2.20. The summed E-state index contributed by atoms with van der Waals surface area (Å²) >= 11 is 1.72. The minimum Gasteiger partial charge on any atom is -0.384 e. The van der Waals surface area contributed by atoms with Gasteiger partial charge in [0.15, 0.2) is 5.96 Å². The van der Waals surface area contributed by atoms with Crippen molar-refractivity contribution < 1.29 is 5.11 Å². The topological polar surface area (TPSA) is 69.5 Å². The summed E-state index contributed by atoms with van der Waals surface area (Å²) in [5.41, 5.74) is 0.978. The summed E-state index contributed by atoms with van der Waals surface area (Å²) in [5, 5.41) is 20.5. The van der Waals surface area contributed by atoms with E-state index in [2.05, 4.69) is 39.8 Å². The van der Waals surface area contributed by atoms with E-state index >= 15 is 0 Å². The first kappa shape index (κ1) is 23.8. The molecule has 150 valence electrons. The molecule has 1 unspecified atom stereocenters. The Bertz CT molecular complexity index is 701. The molecule has 0 saturated heterocycles. The van der Waals surface area contributed by atoms with Gasteiger partial charge in [-0.25, -0.2) is 9.98 Å². The van der Waals surface area contributed by atoms with Crippen LogP contribution in [0.25, 0.3) is 0 Å². The van der Waals surface area contributed by atoms with Crippen molar-refractivity contribution in [1.82, 2.24) is 15.6 Å². The molecule has 5 nitrogen and oxygen atoms in total. The van der Waals surface area contributed by atoms with Gasteiger partial charge in [-0.2, -0.15) is 0 Å². The van der Waals surface area contributed by atoms with Gasteiger partial charge in [-0.1, -0.05) is 44.2 Å². The third-order valence-corrected chi connectivity index (χ3v) is 5.22. The van der Waals surface area contributed by atoms with Crippen LogP contribution < -0.4 is 10.6 Å². The summed E-state index contributed by atoms with van der Waals surface area (Å²) in [5.74, 6) is 1.18. The van der Waals surface area contributed by atoms with Crippen molar-refractivity contribution in [3.8, 4) is 0 Å². The van der Waals surface area contributed by atoms with Gasteiger partial charge in [-0.05, 0) is 19.4 Å². The minimum atomic E-state index is -0.995. The van der Waals surface area contributed by atoms with Gasteiger partial charge in [0.05, 0.1) is 17.2 Å². The number of halogens is 1. The molecule has 0 radical (unpaired) electrons. The van der Waals surface area contributed by atoms with Crippen molar-refractivity contribution in [2.45, 2.75) is 45.6 Å². The lowest BCUT2D eigenvalue weighted by Crippen LogP contribution is -2.39. The average molecular weight is 502 g/mol. The van der Waals surface area contributed by atoms with Crippen molar-refractivity contribution in [3.63, 3.8) is 0 Å². The van der Waals surface area contributed by atoms with E-state index in [9.17, 15) is 5.11 Å². The van der Waals surface area contributed by atoms with Gasteiger partial charge in [-0.15, -0.1) is 35.3 Å². The zero-order chi connectivity index (χ0) is 19.0. The number of hydrogen-bond acceptors (Lipinski definition) is 4. The normalized spacial score (nSPS) is 13.8. The second kappa shape index (κ2) is 11.6. The van der Waals surface area contributed by atoms with Crippen LogP contribution in [0.4, 0.5) is 0 Å². The third-order valence-electron chi connectivity index (χ3n) is 4.02. The van der Waals surface area contributed by atoms with Crippen molar-refractivity contribution in [3.05, 3.63) is 52.0 Å². The molecule has 1 heterocycles. The molecule has 0 fully saturated rings. The first-order chi connectivity index (χ1) is 12.4. The highest BCUT2D eigenvalue weighted by molar-refractivity contribution is 14.0. The van der Waals surface area contributed by atoms with Crippen molar-refractivity contribution >= 4 is 41.3 Å². The van der Waals surface area contributed by atoms with Crippen LogP contribution in [0.3, 0.4) is 0 Å². The molecule has 0 saturated carbocycles. The van der Waals surface area contributed by atoms with E-state index in [1.54, 1.807) is 18.3 Å². The van der Waals surface area contributed by atoms with Crippen LogP contribution in [-0.4, -0.2) is 35.7 Å². The molecule has 0 bridgehead atoms. The minimum absolute atomic E-state index is 0. The number of nitrogens with one attached hydrogen (secondary N) is 2. The molecular formula is C20H31IN4OS. The summed E-state index contributed by atoms with van der Waals surface area (Å²) in [6.45, 7) is 9.96. The highest BCUT2D eigenvalue weighted by Gasteiger charge is 2.22. The van der Waals surface area contributed by atoms with Gasteiger partial charge in [0, 0.05) is 30.8 Å². The molecule has 1 atom stereocenters. The Morgan fingerprint density at radius 1 is 1.26 bits per heavy atom. The van der Waals surface area contributed by atoms with E-state index in [1.807, 2.05) is 37.3 Å². The Balaban J connectivity index is 0.00000364. The van der Waals surface area contributed by atoms with Crippen molar-refractivity contribution in [2.24, 2.45) is 4.99 Å². The molecule has 3 N–H and O–H groups in total. The standard InChI is InChI=1S/C20H30N4OS.HI/c1-5-21-19(22-12-11-17-13-26-18(24-17)15(2)3)23-14-20(4,25)16-9-7-6-8-10-16;/h6-10,13,15,25H,5,11-12,14H2,1-4H3,(H2,21,22,23);1H. The maximum absolute atomic E-state index is 10.7. The predicted molar refractivity (Wildman–Crippen MR) is 125 cm³/mol. The summed E-state index contributed by atoms with van der Waals surface area (Å²) < 4.78 is 0. The number of nitrogens with zero attached hydrogens (tertiary/aromatic N) is 2. The SMILES string of the molecule is CCNC(=NCC(C)(O)c1ccccc1)NCCc1csc(C(C)C)n1.I. The van der Waals surface area contributed by atoms with Crippen LogP contribution in [-0.2, 0) is 12.0 Å². The van der Waals surface area contributed by atoms with Crippen LogP contribution in [0.5, 0.6) is 0 Å². The number of guanidine groups is 1. The Morgan fingerprint density at radius 2 is 1.96 bits per heavy atom. The lowest BCUT2D eigenvalue weighted by Gasteiger charge is -2.22. The molecular weight excluding hydrogens is 471 g/mol. The van der Waals surface area contributed by atoms with Gasteiger partial charge in [-0.3, -0.25) is 0 Å². The first-order valence-electron chi connectivity index (χ1n) is 9.16.